The molecule has 2 N–H and O–H groups in total. The molecule has 6 unspecified atom stereocenters. The molecule has 3 aliphatic rings. The van der Waals surface area contributed by atoms with Gasteiger partial charge in [0.15, 0.2) is 0 Å². The number of oxime groups is 1. The van der Waals surface area contributed by atoms with Gasteiger partial charge in [0.05, 0.1) is 29.8 Å². The van der Waals surface area contributed by atoms with Crippen molar-refractivity contribution >= 4 is 17.5 Å². The molecule has 13 nitrogen and oxygen atoms in total. The van der Waals surface area contributed by atoms with Crippen LogP contribution >= 0.6 is 0 Å². The Labute approximate surface area is 447 Å². The number of nitro benzene ring substituents is 1. The van der Waals surface area contributed by atoms with E-state index in [1.807, 2.05) is 12.1 Å². The topological polar surface area (TPSA) is 162 Å². The van der Waals surface area contributed by atoms with Crippen molar-refractivity contribution in [2.75, 3.05) is 26.4 Å². The third-order valence-corrected chi connectivity index (χ3v) is 15.2. The minimum Gasteiger partial charge on any atom is -0.489 e. The summed E-state index contributed by atoms with van der Waals surface area (Å²) in [5.41, 5.74) is 3.79. The molecule has 1 heterocycles. The fourth-order valence-electron chi connectivity index (χ4n) is 11.3. The zero-order valence-corrected chi connectivity index (χ0v) is 44.1. The van der Waals surface area contributed by atoms with Crippen LogP contribution in [0.5, 0.6) is 11.5 Å². The number of nitrogens with zero attached hydrogens (tertiary/aromatic N) is 3. The number of non-ortho nitro benzene ring substituents is 1. The number of hydrogen-bond donors (Lipinski definition) is 2. The number of amides is 1. The number of carbonyl (C=O) groups is 1. The van der Waals surface area contributed by atoms with Crippen LogP contribution in [-0.2, 0) is 34.1 Å². The molecule has 1 amide bonds. The number of nitro groups is 1. The van der Waals surface area contributed by atoms with E-state index in [1.54, 1.807) is 59.5 Å². The quantitative estimate of drug-likeness (QED) is 0.0208. The fraction of sp³-hybridized carbons (Fsp3) is 0.508. The number of unbranched alkanes of at least 4 members (excludes halogenated alkanes) is 11. The lowest BCUT2D eigenvalue weighted by molar-refractivity contribution is -0.384. The van der Waals surface area contributed by atoms with Crippen LogP contribution in [0.4, 0.5) is 19.3 Å². The van der Waals surface area contributed by atoms with Crippen molar-refractivity contribution in [3.05, 3.63) is 159 Å². The summed E-state index contributed by atoms with van der Waals surface area (Å²) in [5.74, 6) is -2.64. The van der Waals surface area contributed by atoms with Crippen molar-refractivity contribution in [2.24, 2.45) is 22.9 Å². The number of hydrogen-bond acceptors (Lipinski definition) is 11. The number of ether oxygens (including phenoxy) is 4. The lowest BCUT2D eigenvalue weighted by Gasteiger charge is -2.59. The third kappa shape index (κ3) is 15.1. The van der Waals surface area contributed by atoms with E-state index in [0.29, 0.717) is 66.0 Å². The van der Waals surface area contributed by atoms with Gasteiger partial charge in [-0.15, -0.1) is 6.58 Å². The normalized spacial score (nSPS) is 20.9. The first-order chi connectivity index (χ1) is 37.1. The molecule has 0 radical (unpaired) electrons. The first-order valence-electron chi connectivity index (χ1n) is 27.6. The van der Waals surface area contributed by atoms with Gasteiger partial charge in [0, 0.05) is 55.4 Å². The molecule has 0 bridgehead atoms. The van der Waals surface area contributed by atoms with Crippen molar-refractivity contribution in [1.29, 1.82) is 0 Å². The summed E-state index contributed by atoms with van der Waals surface area (Å²) >= 11 is 0. The molecule has 4 aromatic carbocycles. The van der Waals surface area contributed by atoms with Gasteiger partial charge >= 0.3 is 6.09 Å². The Bertz CT molecular complexity index is 2540. The minimum atomic E-state index is -1.62. The molecule has 0 spiro atoms. The number of aliphatic hydroxyl groups is 2. The predicted molar refractivity (Wildman–Crippen MR) is 289 cm³/mol. The van der Waals surface area contributed by atoms with Crippen LogP contribution in [0.3, 0.4) is 0 Å². The summed E-state index contributed by atoms with van der Waals surface area (Å²) < 4.78 is 56.6. The van der Waals surface area contributed by atoms with Crippen LogP contribution in [-0.4, -0.2) is 70.1 Å². The van der Waals surface area contributed by atoms with Gasteiger partial charge in [0.25, 0.3) is 5.69 Å². The van der Waals surface area contributed by atoms with Crippen molar-refractivity contribution in [1.82, 2.24) is 4.90 Å². The monoisotopic (exact) mass is 1050 g/mol. The van der Waals surface area contributed by atoms with Gasteiger partial charge in [-0.05, 0) is 109 Å². The molecule has 6 atom stereocenters. The number of benzene rings is 4. The highest BCUT2D eigenvalue weighted by Crippen LogP contribution is 2.62. The Morgan fingerprint density at radius 1 is 0.855 bits per heavy atom. The lowest BCUT2D eigenvalue weighted by atomic mass is 9.55. The van der Waals surface area contributed by atoms with Gasteiger partial charge in [-0.2, -0.15) is 0 Å². The van der Waals surface area contributed by atoms with E-state index >= 15 is 4.79 Å². The molecular weight excluding hydrogens is 973 g/mol. The molecule has 7 rings (SSSR count). The van der Waals surface area contributed by atoms with Crippen molar-refractivity contribution in [3.8, 4) is 11.5 Å². The van der Waals surface area contributed by atoms with Crippen LogP contribution in [0.25, 0.3) is 0 Å². The standard InChI is InChI=1S/C61H77F2N3O10/c1-3-5-6-7-8-9-10-11-12-19-37-72-60(69)65(41-44-24-28-48(62)29-25-44)57-40-55(64-75-42-45-26-30-49(31-27-45)66(70)71)52-38-46(20-15-17-34-67)51(22-16-18-35-68)58-53-39-50(73-43-47-21-13-14-23-54(47)63)32-33-56(53)76-61(57,59(52)58)74-36-4-2/h4,13-14,21,23-33,38-39,46,51,57-59,67-68H,2-3,5-12,15-20,22,34-37,40-43H2,1H3. The van der Waals surface area contributed by atoms with Gasteiger partial charge in [0.1, 0.15) is 42.4 Å². The zero-order chi connectivity index (χ0) is 53.7. The van der Waals surface area contributed by atoms with Crippen LogP contribution < -0.4 is 9.47 Å². The van der Waals surface area contributed by atoms with E-state index in [-0.39, 0.29) is 81.9 Å². The Kier molecular flexibility index (Phi) is 22.2. The smallest absolute Gasteiger partial charge is 0.410 e. The van der Waals surface area contributed by atoms with E-state index < -0.39 is 34.6 Å². The highest BCUT2D eigenvalue weighted by atomic mass is 19.1. The molecule has 1 aliphatic heterocycles. The Balaban J connectivity index is 1.34. The van der Waals surface area contributed by atoms with Gasteiger partial charge in [-0.3, -0.25) is 15.0 Å². The zero-order valence-electron chi connectivity index (χ0n) is 44.1. The van der Waals surface area contributed by atoms with Gasteiger partial charge in [-0.25, -0.2) is 13.6 Å². The SMILES string of the molecule is C=CCOC12Oc3ccc(OCc4ccccc4F)cc3C3C(CCCCO)C(CCCCO)C=C(C(=NOCc4ccc([N+](=O)[O-])cc4)CC1N(Cc1ccc(F)cc1)C(=O)OCCCCCCCCCCCC)C32. The predicted octanol–water partition coefficient (Wildman–Crippen LogP) is 13.8. The maximum absolute atomic E-state index is 15.1. The Morgan fingerprint density at radius 3 is 2.22 bits per heavy atom. The maximum atomic E-state index is 15.1. The molecule has 1 fully saturated rings. The number of halogens is 2. The first kappa shape index (κ1) is 57.5. The molecular formula is C61H77F2N3O10. The van der Waals surface area contributed by atoms with Gasteiger partial charge < -0.3 is 34.0 Å². The Morgan fingerprint density at radius 2 is 1.54 bits per heavy atom. The van der Waals surface area contributed by atoms with E-state index in [9.17, 15) is 29.1 Å². The summed E-state index contributed by atoms with van der Waals surface area (Å²) in [5, 5.41) is 36.5. The second-order valence-electron chi connectivity index (χ2n) is 20.4. The Hall–Kier alpha value is -6.16. The van der Waals surface area contributed by atoms with Crippen LogP contribution in [0, 0.1) is 39.5 Å². The molecule has 4 aromatic rings. The first-order valence-corrected chi connectivity index (χ1v) is 27.6. The maximum Gasteiger partial charge on any atom is 0.410 e. The fourth-order valence-corrected chi connectivity index (χ4v) is 11.3. The van der Waals surface area contributed by atoms with Gasteiger partial charge in [-0.1, -0.05) is 125 Å². The third-order valence-electron chi connectivity index (χ3n) is 15.2. The van der Waals surface area contributed by atoms with E-state index in [1.165, 1.54) is 68.9 Å². The lowest BCUT2D eigenvalue weighted by Crippen LogP contribution is -2.70. The minimum absolute atomic E-state index is 0.00285. The highest BCUT2D eigenvalue weighted by Gasteiger charge is 2.65. The summed E-state index contributed by atoms with van der Waals surface area (Å²) in [4.78, 5) is 34.0. The summed E-state index contributed by atoms with van der Waals surface area (Å²) in [6.07, 6.45) is 18.5. The summed E-state index contributed by atoms with van der Waals surface area (Å²) in [6.45, 7) is 6.49. The van der Waals surface area contributed by atoms with Crippen LogP contribution in [0.15, 0.2) is 120 Å². The number of allylic oxidation sites excluding steroid dienone is 1. The second-order valence-corrected chi connectivity index (χ2v) is 20.4. The highest BCUT2D eigenvalue weighted by molar-refractivity contribution is 6.03. The van der Waals surface area contributed by atoms with Gasteiger partial charge in [0.2, 0.25) is 5.79 Å². The molecule has 0 saturated heterocycles. The molecule has 410 valence electrons. The number of aliphatic hydroxyl groups excluding tert-OH is 2. The van der Waals surface area contributed by atoms with E-state index in [2.05, 4.69) is 19.6 Å². The summed E-state index contributed by atoms with van der Waals surface area (Å²) in [6, 6.07) is 23.2. The van der Waals surface area contributed by atoms with Crippen molar-refractivity contribution in [3.63, 3.8) is 0 Å². The van der Waals surface area contributed by atoms with E-state index in [4.69, 9.17) is 28.9 Å². The van der Waals surface area contributed by atoms with E-state index in [0.717, 1.165) is 43.2 Å². The van der Waals surface area contributed by atoms with Crippen LogP contribution in [0.2, 0.25) is 0 Å². The molecule has 1 saturated carbocycles. The largest absolute Gasteiger partial charge is 0.489 e. The second kappa shape index (κ2) is 29.4. The average molecular weight is 1050 g/mol. The molecule has 2 aliphatic carbocycles. The molecule has 0 aromatic heterocycles. The van der Waals surface area contributed by atoms with Crippen LogP contribution in [0.1, 0.15) is 144 Å². The summed E-state index contributed by atoms with van der Waals surface area (Å²) in [7, 11) is 0. The van der Waals surface area contributed by atoms with Crippen molar-refractivity contribution in [2.45, 2.75) is 154 Å². The number of rotatable bonds is 32. The number of fused-ring (bicyclic) bond motifs is 2. The average Bonchev–Trinajstić information content (AvgIpc) is 3.46. The number of carbonyl (C=O) groups excluding carboxylic acids is 1. The molecule has 15 heteroatoms. The van der Waals surface area contributed by atoms with Crippen molar-refractivity contribution < 1.29 is 52.5 Å². The molecule has 76 heavy (non-hydrogen) atoms.